The predicted molar refractivity (Wildman–Crippen MR) is 59.4 cm³/mol. The van der Waals surface area contributed by atoms with E-state index in [9.17, 15) is 0 Å². The molecule has 1 heterocycles. The monoisotopic (exact) mass is 214 g/mol. The Kier molecular flexibility index (Phi) is 2.15. The van der Waals surface area contributed by atoms with Gasteiger partial charge in [-0.1, -0.05) is 20.4 Å². The van der Waals surface area contributed by atoms with Crippen LogP contribution in [0.3, 0.4) is 0 Å². The van der Waals surface area contributed by atoms with Crippen LogP contribution in [0.15, 0.2) is 12.3 Å². The number of hydrogen-bond donors (Lipinski definition) is 0. The Bertz CT molecular complexity index is 271. The SMILES string of the molecule is C=C1C[C@H]2C(C)(C)[C@@H](Cl)CC[C@]2(C)O1. The van der Waals surface area contributed by atoms with E-state index in [1.54, 1.807) is 0 Å². The molecule has 2 heteroatoms. The highest BCUT2D eigenvalue weighted by atomic mass is 35.5. The molecule has 1 saturated carbocycles. The van der Waals surface area contributed by atoms with Crippen molar-refractivity contribution < 1.29 is 4.74 Å². The van der Waals surface area contributed by atoms with Crippen molar-refractivity contribution >= 4 is 11.6 Å². The molecule has 2 aliphatic rings. The summed E-state index contributed by atoms with van der Waals surface area (Å²) in [6.45, 7) is 10.7. The number of allylic oxidation sites excluding steroid dienone is 1. The average molecular weight is 215 g/mol. The fourth-order valence-electron chi connectivity index (χ4n) is 3.16. The lowest BCUT2D eigenvalue weighted by Gasteiger charge is -2.48. The van der Waals surface area contributed by atoms with Crippen molar-refractivity contribution in [2.45, 2.75) is 51.0 Å². The molecule has 0 unspecified atom stereocenters. The standard InChI is InChI=1S/C12H19ClO/c1-8-7-9-11(2,3)10(13)5-6-12(9,4)14-8/h9-10H,1,5-7H2,2-4H3/t9-,10-,12-/m0/s1. The van der Waals surface area contributed by atoms with Crippen LogP contribution in [0.5, 0.6) is 0 Å². The molecule has 0 aromatic rings. The first-order valence-electron chi connectivity index (χ1n) is 5.37. The van der Waals surface area contributed by atoms with E-state index in [0.717, 1.165) is 25.0 Å². The molecule has 0 amide bonds. The number of hydrogen-bond acceptors (Lipinski definition) is 1. The van der Waals surface area contributed by atoms with Crippen molar-refractivity contribution in [1.82, 2.24) is 0 Å². The average Bonchev–Trinajstić information content (AvgIpc) is 2.37. The summed E-state index contributed by atoms with van der Waals surface area (Å²) in [6, 6.07) is 0. The van der Waals surface area contributed by atoms with E-state index < -0.39 is 0 Å². The van der Waals surface area contributed by atoms with Crippen molar-refractivity contribution in [2.75, 3.05) is 0 Å². The quantitative estimate of drug-likeness (QED) is 0.559. The second-order valence-electron chi connectivity index (χ2n) is 5.54. The van der Waals surface area contributed by atoms with Crippen LogP contribution in [-0.4, -0.2) is 11.0 Å². The van der Waals surface area contributed by atoms with Crippen LogP contribution < -0.4 is 0 Å². The number of rotatable bonds is 0. The van der Waals surface area contributed by atoms with Crippen LogP contribution in [0.4, 0.5) is 0 Å². The molecule has 14 heavy (non-hydrogen) atoms. The number of fused-ring (bicyclic) bond motifs is 1. The van der Waals surface area contributed by atoms with E-state index in [0.29, 0.717) is 5.92 Å². The normalized spacial score (nSPS) is 45.9. The fourth-order valence-corrected chi connectivity index (χ4v) is 3.43. The van der Waals surface area contributed by atoms with Gasteiger partial charge in [-0.15, -0.1) is 11.6 Å². The lowest BCUT2D eigenvalue weighted by Crippen LogP contribution is -2.49. The first kappa shape index (κ1) is 10.4. The fraction of sp³-hybridized carbons (Fsp3) is 0.833. The Morgan fingerprint density at radius 1 is 1.43 bits per heavy atom. The maximum Gasteiger partial charge on any atom is 0.110 e. The van der Waals surface area contributed by atoms with Gasteiger partial charge < -0.3 is 4.74 Å². The largest absolute Gasteiger partial charge is 0.492 e. The Balaban J connectivity index is 2.33. The molecule has 0 N–H and O–H groups in total. The zero-order chi connectivity index (χ0) is 10.6. The third-order valence-electron chi connectivity index (χ3n) is 4.15. The minimum absolute atomic E-state index is 0.00796. The van der Waals surface area contributed by atoms with Gasteiger partial charge in [-0.05, 0) is 25.2 Å². The van der Waals surface area contributed by atoms with Crippen LogP contribution in [0.1, 0.15) is 40.0 Å². The molecule has 1 aliphatic carbocycles. The third kappa shape index (κ3) is 1.29. The lowest BCUT2D eigenvalue weighted by atomic mass is 9.61. The van der Waals surface area contributed by atoms with E-state index in [2.05, 4.69) is 27.4 Å². The maximum atomic E-state index is 6.40. The summed E-state index contributed by atoms with van der Waals surface area (Å²) in [7, 11) is 0. The predicted octanol–water partition coefficient (Wildman–Crippen LogP) is 3.72. The lowest BCUT2D eigenvalue weighted by molar-refractivity contribution is -0.0526. The first-order chi connectivity index (χ1) is 6.36. The second-order valence-corrected chi connectivity index (χ2v) is 6.06. The minimum atomic E-state index is -0.00796. The Hall–Kier alpha value is -0.170. The van der Waals surface area contributed by atoms with Gasteiger partial charge in [0.15, 0.2) is 0 Å². The molecule has 0 spiro atoms. The highest BCUT2D eigenvalue weighted by Crippen LogP contribution is 2.56. The van der Waals surface area contributed by atoms with Gasteiger partial charge in [-0.3, -0.25) is 0 Å². The molecular formula is C12H19ClO. The van der Waals surface area contributed by atoms with Crippen molar-refractivity contribution in [3.63, 3.8) is 0 Å². The van der Waals surface area contributed by atoms with Crippen LogP contribution in [0, 0.1) is 11.3 Å². The Morgan fingerprint density at radius 2 is 2.07 bits per heavy atom. The van der Waals surface area contributed by atoms with Crippen molar-refractivity contribution in [1.29, 1.82) is 0 Å². The second kappa shape index (κ2) is 2.91. The van der Waals surface area contributed by atoms with E-state index in [-0.39, 0.29) is 16.4 Å². The third-order valence-corrected chi connectivity index (χ3v) is 4.93. The number of halogens is 1. The van der Waals surface area contributed by atoms with Gasteiger partial charge in [0.25, 0.3) is 0 Å². The summed E-state index contributed by atoms with van der Waals surface area (Å²) in [4.78, 5) is 0. The van der Waals surface area contributed by atoms with Crippen LogP contribution >= 0.6 is 11.6 Å². The van der Waals surface area contributed by atoms with E-state index in [1.807, 2.05) is 0 Å². The minimum Gasteiger partial charge on any atom is -0.492 e. The molecule has 2 rings (SSSR count). The molecule has 1 nitrogen and oxygen atoms in total. The molecule has 80 valence electrons. The summed E-state index contributed by atoms with van der Waals surface area (Å²) in [5.41, 5.74) is 0.153. The highest BCUT2D eigenvalue weighted by Gasteiger charge is 2.55. The summed E-state index contributed by atoms with van der Waals surface area (Å²) in [6.07, 6.45) is 3.09. The van der Waals surface area contributed by atoms with Crippen molar-refractivity contribution in [3.8, 4) is 0 Å². The van der Waals surface area contributed by atoms with Gasteiger partial charge in [0, 0.05) is 17.7 Å². The van der Waals surface area contributed by atoms with Crippen LogP contribution in [0.2, 0.25) is 0 Å². The molecule has 3 atom stereocenters. The molecule has 2 fully saturated rings. The maximum absolute atomic E-state index is 6.40. The molecule has 1 aliphatic heterocycles. The van der Waals surface area contributed by atoms with Crippen molar-refractivity contribution in [2.24, 2.45) is 11.3 Å². The summed E-state index contributed by atoms with van der Waals surface area (Å²) in [5, 5.41) is 0.273. The zero-order valence-electron chi connectivity index (χ0n) is 9.27. The molecule has 0 bridgehead atoms. The van der Waals surface area contributed by atoms with Gasteiger partial charge in [0.1, 0.15) is 5.60 Å². The summed E-state index contributed by atoms with van der Waals surface area (Å²) in [5.74, 6) is 1.47. The molecule has 0 aromatic carbocycles. The molecule has 0 radical (unpaired) electrons. The van der Waals surface area contributed by atoms with Gasteiger partial charge >= 0.3 is 0 Å². The van der Waals surface area contributed by atoms with E-state index in [1.165, 1.54) is 0 Å². The van der Waals surface area contributed by atoms with Crippen LogP contribution in [-0.2, 0) is 4.74 Å². The van der Waals surface area contributed by atoms with Gasteiger partial charge in [-0.2, -0.15) is 0 Å². The number of alkyl halides is 1. The topological polar surface area (TPSA) is 9.23 Å². The van der Waals surface area contributed by atoms with Gasteiger partial charge in [0.2, 0.25) is 0 Å². The summed E-state index contributed by atoms with van der Waals surface area (Å²) < 4.78 is 5.88. The van der Waals surface area contributed by atoms with E-state index >= 15 is 0 Å². The van der Waals surface area contributed by atoms with Crippen molar-refractivity contribution in [3.05, 3.63) is 12.3 Å². The Labute approximate surface area is 91.5 Å². The highest BCUT2D eigenvalue weighted by molar-refractivity contribution is 6.21. The summed E-state index contributed by atoms with van der Waals surface area (Å²) >= 11 is 6.40. The number of ether oxygens (including phenoxy) is 1. The smallest absolute Gasteiger partial charge is 0.110 e. The molecule has 0 aromatic heterocycles. The van der Waals surface area contributed by atoms with Crippen LogP contribution in [0.25, 0.3) is 0 Å². The van der Waals surface area contributed by atoms with Gasteiger partial charge in [0.05, 0.1) is 5.76 Å². The molecular weight excluding hydrogens is 196 g/mol. The van der Waals surface area contributed by atoms with E-state index in [4.69, 9.17) is 16.3 Å². The Morgan fingerprint density at radius 3 is 2.71 bits per heavy atom. The zero-order valence-corrected chi connectivity index (χ0v) is 10.0. The van der Waals surface area contributed by atoms with Gasteiger partial charge in [-0.25, -0.2) is 0 Å². The first-order valence-corrected chi connectivity index (χ1v) is 5.81. The molecule has 1 saturated heterocycles.